The van der Waals surface area contributed by atoms with Crippen molar-refractivity contribution in [3.8, 4) is 0 Å². The molecule has 0 bridgehead atoms. The van der Waals surface area contributed by atoms with Crippen LogP contribution in [0, 0.1) is 0 Å². The Bertz CT molecular complexity index is 558. The van der Waals surface area contributed by atoms with Gasteiger partial charge in [-0.1, -0.05) is 29.3 Å². The van der Waals surface area contributed by atoms with E-state index < -0.39 is 10.0 Å². The maximum Gasteiger partial charge on any atom is 0.243 e. The molecule has 0 atom stereocenters. The number of nitrogens with two attached hydrogens (primary N) is 1. The first-order chi connectivity index (χ1) is 9.38. The second-order valence-electron chi connectivity index (χ2n) is 3.84. The summed E-state index contributed by atoms with van der Waals surface area (Å²) in [5.74, 6) is -0.289. The predicted molar refractivity (Wildman–Crippen MR) is 78.3 cm³/mol. The normalized spacial score (nSPS) is 11.3. The van der Waals surface area contributed by atoms with Crippen molar-refractivity contribution in [2.24, 2.45) is 5.73 Å². The molecule has 0 aromatic heterocycles. The van der Waals surface area contributed by atoms with E-state index in [2.05, 4.69) is 10.0 Å². The van der Waals surface area contributed by atoms with E-state index in [1.165, 1.54) is 12.1 Å². The molecule has 0 heterocycles. The second-order valence-corrected chi connectivity index (χ2v) is 6.36. The molecule has 0 unspecified atom stereocenters. The minimum absolute atomic E-state index is 0.00129. The molecule has 0 aliphatic carbocycles. The lowest BCUT2D eigenvalue weighted by molar-refractivity contribution is -0.120. The largest absolute Gasteiger partial charge is 0.355 e. The molecule has 0 fully saturated rings. The Morgan fingerprint density at radius 3 is 2.35 bits per heavy atom. The number of amides is 1. The van der Waals surface area contributed by atoms with E-state index in [0.29, 0.717) is 13.1 Å². The van der Waals surface area contributed by atoms with E-state index in [4.69, 9.17) is 28.9 Å². The number of halogens is 2. The average Bonchev–Trinajstić information content (AvgIpc) is 2.35. The van der Waals surface area contributed by atoms with E-state index in [0.717, 1.165) is 0 Å². The Labute approximate surface area is 127 Å². The molecule has 6 nitrogen and oxygen atoms in total. The van der Waals surface area contributed by atoms with Crippen LogP contribution in [-0.2, 0) is 14.8 Å². The van der Waals surface area contributed by atoms with Gasteiger partial charge in [0, 0.05) is 26.1 Å². The highest BCUT2D eigenvalue weighted by Crippen LogP contribution is 2.28. The average molecular weight is 340 g/mol. The quantitative estimate of drug-likeness (QED) is 0.681. The molecule has 0 radical (unpaired) electrons. The third-order valence-electron chi connectivity index (χ3n) is 2.30. The van der Waals surface area contributed by atoms with Gasteiger partial charge in [0.1, 0.15) is 4.90 Å². The molecule has 1 aromatic rings. The minimum Gasteiger partial charge on any atom is -0.355 e. The van der Waals surface area contributed by atoms with Crippen LogP contribution in [0.1, 0.15) is 6.42 Å². The number of carbonyl (C=O) groups is 1. The van der Waals surface area contributed by atoms with Crippen molar-refractivity contribution < 1.29 is 13.2 Å². The van der Waals surface area contributed by atoms with Gasteiger partial charge in [-0.15, -0.1) is 0 Å². The highest BCUT2D eigenvalue weighted by Gasteiger charge is 2.21. The van der Waals surface area contributed by atoms with Crippen LogP contribution in [0.3, 0.4) is 0 Å². The Morgan fingerprint density at radius 2 is 1.80 bits per heavy atom. The van der Waals surface area contributed by atoms with Gasteiger partial charge in [0.25, 0.3) is 0 Å². The number of hydrogen-bond donors (Lipinski definition) is 3. The lowest BCUT2D eigenvalue weighted by atomic mass is 10.4. The van der Waals surface area contributed by atoms with Crippen molar-refractivity contribution in [2.45, 2.75) is 11.3 Å². The molecule has 0 saturated carbocycles. The monoisotopic (exact) mass is 339 g/mol. The van der Waals surface area contributed by atoms with Crippen LogP contribution in [-0.4, -0.2) is 34.0 Å². The summed E-state index contributed by atoms with van der Waals surface area (Å²) in [6, 6.07) is 4.40. The Balaban J connectivity index is 2.65. The Morgan fingerprint density at radius 1 is 1.20 bits per heavy atom. The van der Waals surface area contributed by atoms with Gasteiger partial charge in [-0.3, -0.25) is 4.79 Å². The maximum absolute atomic E-state index is 12.0. The fraction of sp³-hybridized carbons (Fsp3) is 0.364. The minimum atomic E-state index is -3.86. The van der Waals surface area contributed by atoms with Crippen LogP contribution in [0.15, 0.2) is 23.1 Å². The van der Waals surface area contributed by atoms with Gasteiger partial charge < -0.3 is 11.1 Å². The van der Waals surface area contributed by atoms with Crippen molar-refractivity contribution in [1.29, 1.82) is 0 Å². The predicted octanol–water partition coefficient (Wildman–Crippen LogP) is 0.737. The second kappa shape index (κ2) is 7.80. The molecule has 9 heteroatoms. The SMILES string of the molecule is NCCNC(=O)CCNS(=O)(=O)c1c(Cl)cccc1Cl. The van der Waals surface area contributed by atoms with Crippen molar-refractivity contribution in [1.82, 2.24) is 10.0 Å². The summed E-state index contributed by atoms with van der Waals surface area (Å²) < 4.78 is 26.4. The topological polar surface area (TPSA) is 101 Å². The van der Waals surface area contributed by atoms with Gasteiger partial charge >= 0.3 is 0 Å². The highest BCUT2D eigenvalue weighted by molar-refractivity contribution is 7.89. The Hall–Kier alpha value is -0.860. The van der Waals surface area contributed by atoms with Gasteiger partial charge in [0.15, 0.2) is 0 Å². The molecule has 20 heavy (non-hydrogen) atoms. The molecular weight excluding hydrogens is 325 g/mol. The van der Waals surface area contributed by atoms with Crippen molar-refractivity contribution in [3.05, 3.63) is 28.2 Å². The van der Waals surface area contributed by atoms with Crippen LogP contribution >= 0.6 is 23.2 Å². The molecule has 0 aliphatic rings. The first-order valence-corrected chi connectivity index (χ1v) is 8.03. The van der Waals surface area contributed by atoms with Crippen LogP contribution in [0.5, 0.6) is 0 Å². The third kappa shape index (κ3) is 4.92. The van der Waals surface area contributed by atoms with E-state index in [-0.39, 0.29) is 33.8 Å². The van der Waals surface area contributed by atoms with E-state index in [1.807, 2.05) is 0 Å². The maximum atomic E-state index is 12.0. The number of benzene rings is 1. The molecule has 4 N–H and O–H groups in total. The van der Waals surface area contributed by atoms with Crippen LogP contribution in [0.25, 0.3) is 0 Å². The van der Waals surface area contributed by atoms with Crippen molar-refractivity contribution in [2.75, 3.05) is 19.6 Å². The summed E-state index contributed by atoms with van der Waals surface area (Å²) in [4.78, 5) is 11.1. The summed E-state index contributed by atoms with van der Waals surface area (Å²) >= 11 is 11.7. The molecular formula is C11H15Cl2N3O3S. The number of sulfonamides is 1. The van der Waals surface area contributed by atoms with Crippen LogP contribution in [0.2, 0.25) is 10.0 Å². The fourth-order valence-corrected chi connectivity index (χ4v) is 3.58. The van der Waals surface area contributed by atoms with Gasteiger partial charge in [-0.2, -0.15) is 0 Å². The van der Waals surface area contributed by atoms with Gasteiger partial charge in [0.2, 0.25) is 15.9 Å². The molecule has 0 spiro atoms. The number of carbonyl (C=O) groups excluding carboxylic acids is 1. The summed E-state index contributed by atoms with van der Waals surface area (Å²) in [7, 11) is -3.86. The zero-order valence-electron chi connectivity index (χ0n) is 10.5. The van der Waals surface area contributed by atoms with Crippen molar-refractivity contribution in [3.63, 3.8) is 0 Å². The van der Waals surface area contributed by atoms with Gasteiger partial charge in [0.05, 0.1) is 10.0 Å². The molecule has 0 aliphatic heterocycles. The smallest absolute Gasteiger partial charge is 0.243 e. The standard InChI is InChI=1S/C11H15Cl2N3O3S/c12-8-2-1-3-9(13)11(8)20(18,19)16-6-4-10(17)15-7-5-14/h1-3,16H,4-7,14H2,(H,15,17). The van der Waals surface area contributed by atoms with Crippen LogP contribution in [0.4, 0.5) is 0 Å². The molecule has 1 amide bonds. The number of rotatable bonds is 7. The number of hydrogen-bond acceptors (Lipinski definition) is 4. The molecule has 1 aromatic carbocycles. The van der Waals surface area contributed by atoms with Gasteiger partial charge in [-0.05, 0) is 12.1 Å². The zero-order valence-corrected chi connectivity index (χ0v) is 12.9. The molecule has 112 valence electrons. The summed E-state index contributed by atoms with van der Waals surface area (Å²) in [5.41, 5.74) is 5.23. The molecule has 0 saturated heterocycles. The Kier molecular flexibility index (Phi) is 6.70. The summed E-state index contributed by atoms with van der Waals surface area (Å²) in [5, 5.41) is 2.58. The van der Waals surface area contributed by atoms with Crippen molar-refractivity contribution >= 4 is 39.1 Å². The van der Waals surface area contributed by atoms with Crippen LogP contribution < -0.4 is 15.8 Å². The fourth-order valence-electron chi connectivity index (χ4n) is 1.41. The summed E-state index contributed by atoms with van der Waals surface area (Å²) in [6.07, 6.45) is 0.00129. The zero-order chi connectivity index (χ0) is 15.2. The summed E-state index contributed by atoms with van der Waals surface area (Å²) in [6.45, 7) is 0.620. The first kappa shape index (κ1) is 17.2. The van der Waals surface area contributed by atoms with Gasteiger partial charge in [-0.25, -0.2) is 13.1 Å². The highest BCUT2D eigenvalue weighted by atomic mass is 35.5. The lowest BCUT2D eigenvalue weighted by Crippen LogP contribution is -2.33. The first-order valence-electron chi connectivity index (χ1n) is 5.79. The number of nitrogens with one attached hydrogen (secondary N) is 2. The lowest BCUT2D eigenvalue weighted by Gasteiger charge is -2.09. The molecule has 1 rings (SSSR count). The van der Waals surface area contributed by atoms with E-state index >= 15 is 0 Å². The van der Waals surface area contributed by atoms with E-state index in [9.17, 15) is 13.2 Å². The van der Waals surface area contributed by atoms with E-state index in [1.54, 1.807) is 6.07 Å². The third-order valence-corrected chi connectivity index (χ3v) is 4.71.